The third-order valence-electron chi connectivity index (χ3n) is 6.17. The fourth-order valence-electron chi connectivity index (χ4n) is 3.89. The molecule has 1 unspecified atom stereocenters. The first-order chi connectivity index (χ1) is 10.4. The molecule has 1 saturated carbocycles. The molecule has 1 aliphatic carbocycles. The van der Waals surface area contributed by atoms with Gasteiger partial charge in [0.05, 0.1) is 6.04 Å². The van der Waals surface area contributed by atoms with Crippen molar-refractivity contribution in [1.29, 1.82) is 0 Å². The monoisotopic (exact) mass is 346 g/mol. The lowest BCUT2D eigenvalue weighted by atomic mass is 9.69. The minimum Gasteiger partial charge on any atom is -0.381 e. The number of ether oxygens (including phenoxy) is 1. The SMILES string of the molecule is CCC(C)(C)C1CCC(NC(=O)C(N)C2CCOCC2)CC1.Cl. The van der Waals surface area contributed by atoms with Gasteiger partial charge in [-0.1, -0.05) is 27.2 Å². The van der Waals surface area contributed by atoms with Crippen molar-refractivity contribution in [3.05, 3.63) is 0 Å². The number of amides is 1. The van der Waals surface area contributed by atoms with Crippen LogP contribution in [0.5, 0.6) is 0 Å². The van der Waals surface area contributed by atoms with Gasteiger partial charge in [-0.25, -0.2) is 0 Å². The first-order valence-electron chi connectivity index (χ1n) is 9.07. The molecule has 4 nitrogen and oxygen atoms in total. The highest BCUT2D eigenvalue weighted by atomic mass is 35.5. The Kier molecular flexibility index (Phi) is 8.32. The second kappa shape index (κ2) is 9.24. The van der Waals surface area contributed by atoms with E-state index < -0.39 is 0 Å². The lowest BCUT2D eigenvalue weighted by Gasteiger charge is -2.39. The van der Waals surface area contributed by atoms with E-state index in [-0.39, 0.29) is 30.3 Å². The molecule has 3 N–H and O–H groups in total. The normalized spacial score (nSPS) is 27.8. The van der Waals surface area contributed by atoms with Crippen LogP contribution in [-0.2, 0) is 9.53 Å². The molecule has 1 saturated heterocycles. The quantitative estimate of drug-likeness (QED) is 0.803. The van der Waals surface area contributed by atoms with E-state index in [9.17, 15) is 4.79 Å². The number of rotatable bonds is 5. The van der Waals surface area contributed by atoms with Gasteiger partial charge >= 0.3 is 0 Å². The van der Waals surface area contributed by atoms with E-state index in [0.717, 1.165) is 44.8 Å². The summed E-state index contributed by atoms with van der Waals surface area (Å²) in [6, 6.07) is -0.0454. The van der Waals surface area contributed by atoms with Gasteiger partial charge in [-0.2, -0.15) is 0 Å². The highest BCUT2D eigenvalue weighted by molar-refractivity contribution is 5.85. The standard InChI is InChI=1S/C18H34N2O2.ClH/c1-4-18(2,3)14-5-7-15(8-6-14)20-17(21)16(19)13-9-11-22-12-10-13;/h13-16H,4-12,19H2,1-3H3,(H,20,21);1H. The number of hydrogen-bond donors (Lipinski definition) is 2. The van der Waals surface area contributed by atoms with Gasteiger partial charge in [0.15, 0.2) is 0 Å². The summed E-state index contributed by atoms with van der Waals surface area (Å²) in [7, 11) is 0. The summed E-state index contributed by atoms with van der Waals surface area (Å²) in [5.41, 5.74) is 6.58. The minimum absolute atomic E-state index is 0. The number of nitrogens with one attached hydrogen (secondary N) is 1. The van der Waals surface area contributed by atoms with Crippen LogP contribution in [0.2, 0.25) is 0 Å². The molecule has 2 aliphatic rings. The summed E-state index contributed by atoms with van der Waals surface area (Å²) in [6.07, 6.45) is 7.68. The third-order valence-corrected chi connectivity index (χ3v) is 6.17. The smallest absolute Gasteiger partial charge is 0.237 e. The van der Waals surface area contributed by atoms with Gasteiger partial charge < -0.3 is 15.8 Å². The average Bonchev–Trinajstić information content (AvgIpc) is 2.55. The number of carbonyl (C=O) groups is 1. The van der Waals surface area contributed by atoms with E-state index in [0.29, 0.717) is 11.5 Å². The lowest BCUT2D eigenvalue weighted by Crippen LogP contribution is -2.51. The molecule has 1 amide bonds. The first-order valence-corrected chi connectivity index (χ1v) is 9.07. The number of nitrogens with two attached hydrogens (primary N) is 1. The van der Waals surface area contributed by atoms with E-state index in [2.05, 4.69) is 26.1 Å². The highest BCUT2D eigenvalue weighted by Crippen LogP contribution is 2.40. The summed E-state index contributed by atoms with van der Waals surface area (Å²) in [5.74, 6) is 1.11. The average molecular weight is 347 g/mol. The summed E-state index contributed by atoms with van der Waals surface area (Å²) < 4.78 is 5.35. The molecular weight excluding hydrogens is 312 g/mol. The molecule has 2 rings (SSSR count). The molecule has 0 radical (unpaired) electrons. The Morgan fingerprint density at radius 1 is 1.17 bits per heavy atom. The van der Waals surface area contributed by atoms with Gasteiger partial charge in [0.25, 0.3) is 0 Å². The molecule has 1 atom stereocenters. The molecule has 0 aromatic carbocycles. The maximum absolute atomic E-state index is 12.4. The van der Waals surface area contributed by atoms with Crippen LogP contribution in [0.25, 0.3) is 0 Å². The number of halogens is 1. The van der Waals surface area contributed by atoms with Crippen molar-refractivity contribution in [2.45, 2.75) is 77.8 Å². The van der Waals surface area contributed by atoms with Gasteiger partial charge in [-0.3, -0.25) is 4.79 Å². The molecule has 0 spiro atoms. The Bertz CT molecular complexity index is 362. The van der Waals surface area contributed by atoms with E-state index in [4.69, 9.17) is 10.5 Å². The van der Waals surface area contributed by atoms with Crippen LogP contribution in [0.3, 0.4) is 0 Å². The second-order valence-corrected chi connectivity index (χ2v) is 7.87. The van der Waals surface area contributed by atoms with Crippen molar-refractivity contribution in [3.63, 3.8) is 0 Å². The first kappa shape index (κ1) is 20.7. The van der Waals surface area contributed by atoms with Crippen molar-refractivity contribution in [1.82, 2.24) is 5.32 Å². The summed E-state index contributed by atoms with van der Waals surface area (Å²) in [4.78, 5) is 12.4. The predicted octanol–water partition coefficient (Wildman–Crippen LogP) is 3.27. The summed E-state index contributed by atoms with van der Waals surface area (Å²) in [6.45, 7) is 8.50. The summed E-state index contributed by atoms with van der Waals surface area (Å²) in [5, 5.41) is 3.20. The Morgan fingerprint density at radius 2 is 1.74 bits per heavy atom. The predicted molar refractivity (Wildman–Crippen MR) is 96.7 cm³/mol. The van der Waals surface area contributed by atoms with E-state index in [1.165, 1.54) is 19.3 Å². The molecule has 23 heavy (non-hydrogen) atoms. The Hall–Kier alpha value is -0.320. The van der Waals surface area contributed by atoms with Crippen molar-refractivity contribution in [2.24, 2.45) is 23.0 Å². The van der Waals surface area contributed by atoms with Crippen molar-refractivity contribution < 1.29 is 9.53 Å². The molecule has 5 heteroatoms. The van der Waals surface area contributed by atoms with E-state index >= 15 is 0 Å². The van der Waals surface area contributed by atoms with Crippen molar-refractivity contribution in [3.8, 4) is 0 Å². The molecule has 1 aliphatic heterocycles. The topological polar surface area (TPSA) is 64.4 Å². The second-order valence-electron chi connectivity index (χ2n) is 7.87. The highest BCUT2D eigenvalue weighted by Gasteiger charge is 2.33. The Morgan fingerprint density at radius 3 is 2.26 bits per heavy atom. The maximum atomic E-state index is 12.4. The van der Waals surface area contributed by atoms with Crippen molar-refractivity contribution in [2.75, 3.05) is 13.2 Å². The van der Waals surface area contributed by atoms with Crippen LogP contribution >= 0.6 is 12.4 Å². The summed E-state index contributed by atoms with van der Waals surface area (Å²) >= 11 is 0. The fourth-order valence-corrected chi connectivity index (χ4v) is 3.89. The van der Waals surface area contributed by atoms with E-state index in [1.54, 1.807) is 0 Å². The van der Waals surface area contributed by atoms with Gasteiger partial charge in [-0.15, -0.1) is 12.4 Å². The molecular formula is C18H35ClN2O2. The van der Waals surface area contributed by atoms with Gasteiger partial charge in [0.2, 0.25) is 5.91 Å². The van der Waals surface area contributed by atoms with Crippen LogP contribution < -0.4 is 11.1 Å². The zero-order valence-electron chi connectivity index (χ0n) is 15.0. The molecule has 2 fully saturated rings. The van der Waals surface area contributed by atoms with Crippen LogP contribution in [0.15, 0.2) is 0 Å². The Labute approximate surface area is 147 Å². The largest absolute Gasteiger partial charge is 0.381 e. The van der Waals surface area contributed by atoms with Crippen LogP contribution in [0.4, 0.5) is 0 Å². The van der Waals surface area contributed by atoms with Crippen LogP contribution in [-0.4, -0.2) is 31.2 Å². The molecule has 1 heterocycles. The molecule has 0 aromatic rings. The Balaban J connectivity index is 0.00000264. The van der Waals surface area contributed by atoms with Crippen LogP contribution in [0.1, 0.15) is 65.7 Å². The fraction of sp³-hybridized carbons (Fsp3) is 0.944. The van der Waals surface area contributed by atoms with Crippen molar-refractivity contribution >= 4 is 18.3 Å². The maximum Gasteiger partial charge on any atom is 0.237 e. The third kappa shape index (κ3) is 5.61. The number of carbonyl (C=O) groups excluding carboxylic acids is 1. The zero-order chi connectivity index (χ0) is 16.2. The zero-order valence-corrected chi connectivity index (χ0v) is 15.8. The van der Waals surface area contributed by atoms with Gasteiger partial charge in [0, 0.05) is 19.3 Å². The van der Waals surface area contributed by atoms with E-state index in [1.807, 2.05) is 0 Å². The van der Waals surface area contributed by atoms with Gasteiger partial charge in [-0.05, 0) is 55.8 Å². The molecule has 0 bridgehead atoms. The molecule has 136 valence electrons. The molecule has 0 aromatic heterocycles. The van der Waals surface area contributed by atoms with Crippen LogP contribution in [0, 0.1) is 17.3 Å². The lowest BCUT2D eigenvalue weighted by molar-refractivity contribution is -0.125. The minimum atomic E-state index is -0.367. The van der Waals surface area contributed by atoms with Gasteiger partial charge in [0.1, 0.15) is 0 Å². The number of hydrogen-bond acceptors (Lipinski definition) is 3.